The number of carbonyl (C=O) groups excluding carboxylic acids is 1. The Bertz CT molecular complexity index is 992. The number of hydrogen-bond acceptors (Lipinski definition) is 6. The fourth-order valence-corrected chi connectivity index (χ4v) is 3.14. The maximum atomic E-state index is 12.4. The van der Waals surface area contributed by atoms with Crippen LogP contribution in [0, 0.1) is 11.3 Å². The zero-order valence-electron chi connectivity index (χ0n) is 14.1. The monoisotopic (exact) mass is 365 g/mol. The molecule has 0 spiro atoms. The Kier molecular flexibility index (Phi) is 5.15. The first-order valence-electron chi connectivity index (χ1n) is 7.64. The lowest BCUT2D eigenvalue weighted by atomic mass is 10.2. The van der Waals surface area contributed by atoms with E-state index in [1.807, 2.05) is 18.2 Å². The highest BCUT2D eigenvalue weighted by atomic mass is 32.1. The first kappa shape index (κ1) is 17.5. The molecular formula is C19H15N3O3S. The molecule has 0 saturated heterocycles. The summed E-state index contributed by atoms with van der Waals surface area (Å²) >= 11 is 1.36. The van der Waals surface area contributed by atoms with Gasteiger partial charge >= 0.3 is 0 Å². The van der Waals surface area contributed by atoms with Crippen LogP contribution in [-0.4, -0.2) is 25.1 Å². The van der Waals surface area contributed by atoms with E-state index in [1.165, 1.54) is 11.3 Å². The minimum Gasteiger partial charge on any atom is -0.493 e. The highest BCUT2D eigenvalue weighted by molar-refractivity contribution is 7.13. The molecule has 0 bridgehead atoms. The van der Waals surface area contributed by atoms with Gasteiger partial charge in [0.15, 0.2) is 11.5 Å². The average molecular weight is 365 g/mol. The van der Waals surface area contributed by atoms with Crippen molar-refractivity contribution in [3.63, 3.8) is 0 Å². The van der Waals surface area contributed by atoms with Crippen LogP contribution in [0.1, 0.15) is 16.1 Å². The predicted octanol–water partition coefficient (Wildman–Crippen LogP) is 3.95. The highest BCUT2D eigenvalue weighted by Crippen LogP contribution is 2.33. The number of benzene rings is 2. The van der Waals surface area contributed by atoms with Crippen LogP contribution in [-0.2, 0) is 0 Å². The van der Waals surface area contributed by atoms with Gasteiger partial charge < -0.3 is 14.8 Å². The van der Waals surface area contributed by atoms with Crippen molar-refractivity contribution in [2.45, 2.75) is 0 Å². The molecule has 0 aliphatic rings. The molecule has 1 aromatic heterocycles. The lowest BCUT2D eigenvalue weighted by molar-refractivity contribution is 0.102. The van der Waals surface area contributed by atoms with Crippen molar-refractivity contribution in [3.05, 3.63) is 59.1 Å². The second-order valence-corrected chi connectivity index (χ2v) is 6.11. The molecule has 0 radical (unpaired) electrons. The van der Waals surface area contributed by atoms with Gasteiger partial charge in [-0.1, -0.05) is 6.07 Å². The molecule has 1 amide bonds. The Balaban J connectivity index is 1.81. The van der Waals surface area contributed by atoms with Crippen molar-refractivity contribution in [1.29, 1.82) is 5.26 Å². The van der Waals surface area contributed by atoms with E-state index in [0.717, 1.165) is 5.56 Å². The van der Waals surface area contributed by atoms with E-state index in [0.29, 0.717) is 33.5 Å². The maximum absolute atomic E-state index is 12.4. The third-order valence-corrected chi connectivity index (χ3v) is 4.51. The Morgan fingerprint density at radius 2 is 1.96 bits per heavy atom. The van der Waals surface area contributed by atoms with Gasteiger partial charge in [0.25, 0.3) is 5.91 Å². The van der Waals surface area contributed by atoms with E-state index in [9.17, 15) is 4.79 Å². The lowest BCUT2D eigenvalue weighted by Crippen LogP contribution is -2.12. The molecule has 0 fully saturated rings. The fourth-order valence-electron chi connectivity index (χ4n) is 2.34. The van der Waals surface area contributed by atoms with Crippen LogP contribution >= 0.6 is 11.3 Å². The standard InChI is InChI=1S/C19H15N3O3S/c1-24-16-7-6-13(9-17(16)25-2)19-22-15(11-26-19)18(23)21-14-5-3-4-12(8-14)10-20/h3-9,11H,1-2H3,(H,21,23). The van der Waals surface area contributed by atoms with Gasteiger partial charge in [-0.15, -0.1) is 11.3 Å². The van der Waals surface area contributed by atoms with Crippen molar-refractivity contribution in [2.75, 3.05) is 19.5 Å². The summed E-state index contributed by atoms with van der Waals surface area (Å²) in [4.78, 5) is 16.8. The Morgan fingerprint density at radius 1 is 1.15 bits per heavy atom. The zero-order chi connectivity index (χ0) is 18.5. The first-order valence-corrected chi connectivity index (χ1v) is 8.52. The number of carbonyl (C=O) groups is 1. The van der Waals surface area contributed by atoms with Gasteiger partial charge in [-0.05, 0) is 36.4 Å². The quantitative estimate of drug-likeness (QED) is 0.740. The van der Waals surface area contributed by atoms with E-state index in [2.05, 4.69) is 10.3 Å². The highest BCUT2D eigenvalue weighted by Gasteiger charge is 2.14. The number of aromatic nitrogens is 1. The first-order chi connectivity index (χ1) is 12.6. The minimum atomic E-state index is -0.330. The SMILES string of the molecule is COc1ccc(-c2nc(C(=O)Nc3cccc(C#N)c3)cs2)cc1OC. The summed E-state index contributed by atoms with van der Waals surface area (Å²) in [6, 6.07) is 14.2. The summed E-state index contributed by atoms with van der Waals surface area (Å²) in [5.74, 6) is 0.894. The van der Waals surface area contributed by atoms with Crippen molar-refractivity contribution in [3.8, 4) is 28.1 Å². The van der Waals surface area contributed by atoms with Crippen LogP contribution in [0.15, 0.2) is 47.8 Å². The molecule has 7 heteroatoms. The van der Waals surface area contributed by atoms with Crippen LogP contribution in [0.25, 0.3) is 10.6 Å². The van der Waals surface area contributed by atoms with Gasteiger partial charge in [0.05, 0.1) is 25.9 Å². The third kappa shape index (κ3) is 3.66. The Labute approximate surface area is 154 Å². The largest absolute Gasteiger partial charge is 0.493 e. The number of nitriles is 1. The van der Waals surface area contributed by atoms with Crippen molar-refractivity contribution >= 4 is 22.9 Å². The average Bonchev–Trinajstić information content (AvgIpc) is 3.18. The van der Waals surface area contributed by atoms with Gasteiger partial charge in [-0.3, -0.25) is 4.79 Å². The van der Waals surface area contributed by atoms with Gasteiger partial charge in [-0.2, -0.15) is 5.26 Å². The Morgan fingerprint density at radius 3 is 2.69 bits per heavy atom. The normalized spacial score (nSPS) is 10.0. The predicted molar refractivity (Wildman–Crippen MR) is 99.8 cm³/mol. The summed E-state index contributed by atoms with van der Waals surface area (Å²) < 4.78 is 10.5. The number of amides is 1. The summed E-state index contributed by atoms with van der Waals surface area (Å²) in [5, 5.41) is 14.1. The van der Waals surface area contributed by atoms with Gasteiger partial charge in [-0.25, -0.2) is 4.98 Å². The third-order valence-electron chi connectivity index (χ3n) is 3.62. The molecule has 2 aromatic carbocycles. The summed E-state index contributed by atoms with van der Waals surface area (Å²) in [6.45, 7) is 0. The summed E-state index contributed by atoms with van der Waals surface area (Å²) in [7, 11) is 3.14. The van der Waals surface area contributed by atoms with Crippen molar-refractivity contribution in [1.82, 2.24) is 4.98 Å². The van der Waals surface area contributed by atoms with Gasteiger partial charge in [0.1, 0.15) is 10.7 Å². The smallest absolute Gasteiger partial charge is 0.275 e. The second-order valence-electron chi connectivity index (χ2n) is 5.25. The maximum Gasteiger partial charge on any atom is 0.275 e. The number of methoxy groups -OCH3 is 2. The van der Waals surface area contributed by atoms with E-state index in [-0.39, 0.29) is 5.91 Å². The van der Waals surface area contributed by atoms with E-state index >= 15 is 0 Å². The zero-order valence-corrected chi connectivity index (χ0v) is 15.0. The molecular weight excluding hydrogens is 350 g/mol. The molecule has 1 heterocycles. The molecule has 1 N–H and O–H groups in total. The lowest BCUT2D eigenvalue weighted by Gasteiger charge is -2.08. The van der Waals surface area contributed by atoms with E-state index in [4.69, 9.17) is 14.7 Å². The number of hydrogen-bond donors (Lipinski definition) is 1. The van der Waals surface area contributed by atoms with Gasteiger partial charge in [0, 0.05) is 16.6 Å². The number of anilines is 1. The number of ether oxygens (including phenoxy) is 2. The molecule has 130 valence electrons. The fraction of sp³-hybridized carbons (Fsp3) is 0.105. The topological polar surface area (TPSA) is 84.2 Å². The molecule has 0 atom stereocenters. The molecule has 0 unspecified atom stereocenters. The minimum absolute atomic E-state index is 0.308. The van der Waals surface area contributed by atoms with Crippen molar-refractivity contribution < 1.29 is 14.3 Å². The number of thiazole rings is 1. The van der Waals surface area contributed by atoms with Crippen LogP contribution in [0.3, 0.4) is 0 Å². The Hall–Kier alpha value is -3.37. The van der Waals surface area contributed by atoms with Crippen LogP contribution in [0.5, 0.6) is 11.5 Å². The molecule has 6 nitrogen and oxygen atoms in total. The molecule has 0 saturated carbocycles. The second kappa shape index (κ2) is 7.68. The molecule has 3 rings (SSSR count). The van der Waals surface area contributed by atoms with Crippen LogP contribution < -0.4 is 14.8 Å². The van der Waals surface area contributed by atoms with Crippen LogP contribution in [0.2, 0.25) is 0 Å². The van der Waals surface area contributed by atoms with Gasteiger partial charge in [0.2, 0.25) is 0 Å². The number of nitrogens with zero attached hydrogens (tertiary/aromatic N) is 2. The number of rotatable bonds is 5. The van der Waals surface area contributed by atoms with E-state index in [1.54, 1.807) is 49.9 Å². The number of nitrogens with one attached hydrogen (secondary N) is 1. The molecule has 0 aliphatic heterocycles. The molecule has 0 aliphatic carbocycles. The van der Waals surface area contributed by atoms with E-state index < -0.39 is 0 Å². The molecule has 3 aromatic rings. The molecule has 26 heavy (non-hydrogen) atoms. The van der Waals surface area contributed by atoms with Crippen LogP contribution in [0.4, 0.5) is 5.69 Å². The summed E-state index contributed by atoms with van der Waals surface area (Å²) in [5.41, 5.74) is 2.17. The summed E-state index contributed by atoms with van der Waals surface area (Å²) in [6.07, 6.45) is 0. The van der Waals surface area contributed by atoms with Crippen molar-refractivity contribution in [2.24, 2.45) is 0 Å².